The molecule has 2 unspecified atom stereocenters. The third kappa shape index (κ3) is 2.87. The van der Waals surface area contributed by atoms with Crippen LogP contribution in [0.4, 0.5) is 0 Å². The molecule has 0 spiro atoms. The van der Waals surface area contributed by atoms with Gasteiger partial charge in [-0.15, -0.1) is 0 Å². The normalized spacial score (nSPS) is 14.8. The van der Waals surface area contributed by atoms with Gasteiger partial charge in [0.05, 0.1) is 21.3 Å². The van der Waals surface area contributed by atoms with Crippen molar-refractivity contribution in [2.45, 2.75) is 23.2 Å². The van der Waals surface area contributed by atoms with Gasteiger partial charge in [-0.05, 0) is 24.6 Å². The molecular weight excluding hydrogens is 296 g/mol. The molecule has 0 aliphatic heterocycles. The summed E-state index contributed by atoms with van der Waals surface area (Å²) >= 11 is 5.94. The summed E-state index contributed by atoms with van der Waals surface area (Å²) in [5, 5.41) is 9.44. The SMILES string of the molecule is CC(C(O)c1ccccc1)S(=O)(=O)c1ccccc1Cl. The molecule has 1 N–H and O–H groups in total. The van der Waals surface area contributed by atoms with Gasteiger partial charge in [0.1, 0.15) is 0 Å². The van der Waals surface area contributed by atoms with Crippen LogP contribution >= 0.6 is 11.6 Å². The van der Waals surface area contributed by atoms with Gasteiger partial charge in [0.25, 0.3) is 0 Å². The van der Waals surface area contributed by atoms with Gasteiger partial charge in [-0.1, -0.05) is 54.1 Å². The first kappa shape index (κ1) is 15.0. The van der Waals surface area contributed by atoms with Crippen molar-refractivity contribution in [2.24, 2.45) is 0 Å². The number of hydrogen-bond donors (Lipinski definition) is 1. The fourth-order valence-corrected chi connectivity index (χ4v) is 3.93. The van der Waals surface area contributed by atoms with E-state index in [2.05, 4.69) is 0 Å². The highest BCUT2D eigenvalue weighted by molar-refractivity contribution is 7.92. The lowest BCUT2D eigenvalue weighted by Crippen LogP contribution is -2.25. The number of sulfone groups is 1. The molecule has 0 aliphatic carbocycles. The third-order valence-electron chi connectivity index (χ3n) is 3.22. The second-order valence-electron chi connectivity index (χ2n) is 4.54. The second-order valence-corrected chi connectivity index (χ2v) is 7.22. The first-order chi connectivity index (χ1) is 9.44. The van der Waals surface area contributed by atoms with E-state index in [0.717, 1.165) is 0 Å². The summed E-state index contributed by atoms with van der Waals surface area (Å²) in [7, 11) is -3.70. The molecular formula is C15H15ClO3S. The summed E-state index contributed by atoms with van der Waals surface area (Å²) in [5.74, 6) is 0. The van der Waals surface area contributed by atoms with E-state index in [1.54, 1.807) is 36.4 Å². The van der Waals surface area contributed by atoms with Gasteiger partial charge in [0.15, 0.2) is 9.84 Å². The van der Waals surface area contributed by atoms with Gasteiger partial charge in [-0.2, -0.15) is 0 Å². The molecule has 0 aliphatic rings. The number of halogens is 1. The maximum atomic E-state index is 12.5. The van der Waals surface area contributed by atoms with Gasteiger partial charge >= 0.3 is 0 Å². The summed E-state index contributed by atoms with van der Waals surface area (Å²) in [6, 6.07) is 15.0. The van der Waals surface area contributed by atoms with Crippen LogP contribution in [0.25, 0.3) is 0 Å². The monoisotopic (exact) mass is 310 g/mol. The molecule has 2 rings (SSSR count). The molecule has 20 heavy (non-hydrogen) atoms. The van der Waals surface area contributed by atoms with Crippen molar-refractivity contribution >= 4 is 21.4 Å². The van der Waals surface area contributed by atoms with Gasteiger partial charge in [0, 0.05) is 0 Å². The molecule has 0 heterocycles. The van der Waals surface area contributed by atoms with Crippen molar-refractivity contribution < 1.29 is 13.5 Å². The summed E-state index contributed by atoms with van der Waals surface area (Å²) < 4.78 is 25.0. The molecule has 106 valence electrons. The molecule has 2 atom stereocenters. The van der Waals surface area contributed by atoms with Crippen molar-refractivity contribution in [1.29, 1.82) is 0 Å². The Hall–Kier alpha value is -1.36. The Bertz CT molecular complexity index is 683. The molecule has 5 heteroatoms. The zero-order valence-corrected chi connectivity index (χ0v) is 12.5. The van der Waals surface area contributed by atoms with Gasteiger partial charge in [0.2, 0.25) is 0 Å². The lowest BCUT2D eigenvalue weighted by atomic mass is 10.1. The molecule has 0 aromatic heterocycles. The highest BCUT2D eigenvalue weighted by Gasteiger charge is 2.31. The molecule has 2 aromatic carbocycles. The lowest BCUT2D eigenvalue weighted by Gasteiger charge is -2.20. The van der Waals surface area contributed by atoms with Crippen LogP contribution in [0.15, 0.2) is 59.5 Å². The molecule has 0 saturated carbocycles. The standard InChI is InChI=1S/C15H15ClO3S/c1-11(15(17)12-7-3-2-4-8-12)20(18,19)14-10-6-5-9-13(14)16/h2-11,15,17H,1H3. The first-order valence-corrected chi connectivity index (χ1v) is 8.08. The highest BCUT2D eigenvalue weighted by atomic mass is 35.5. The molecule has 0 saturated heterocycles. The fraction of sp³-hybridized carbons (Fsp3) is 0.200. The van der Waals surface area contributed by atoms with Crippen molar-refractivity contribution in [2.75, 3.05) is 0 Å². The van der Waals surface area contributed by atoms with Crippen molar-refractivity contribution in [1.82, 2.24) is 0 Å². The Morgan fingerprint density at radius 2 is 1.55 bits per heavy atom. The third-order valence-corrected chi connectivity index (χ3v) is 5.87. The van der Waals surface area contributed by atoms with Gasteiger partial charge in [-0.3, -0.25) is 0 Å². The van der Waals surface area contributed by atoms with Gasteiger partial charge in [-0.25, -0.2) is 8.42 Å². The molecule has 3 nitrogen and oxygen atoms in total. The lowest BCUT2D eigenvalue weighted by molar-refractivity contribution is 0.176. The first-order valence-electron chi connectivity index (χ1n) is 6.16. The Balaban J connectivity index is 2.38. The van der Waals surface area contributed by atoms with E-state index < -0.39 is 21.2 Å². The minimum Gasteiger partial charge on any atom is -0.387 e. The predicted molar refractivity (Wildman–Crippen MR) is 79.5 cm³/mol. The molecule has 0 radical (unpaired) electrons. The molecule has 0 fully saturated rings. The van der Waals surface area contributed by atoms with E-state index in [4.69, 9.17) is 11.6 Å². The van der Waals surface area contributed by atoms with E-state index >= 15 is 0 Å². The topological polar surface area (TPSA) is 54.4 Å². The number of benzene rings is 2. The summed E-state index contributed by atoms with van der Waals surface area (Å²) in [6.07, 6.45) is -1.10. The zero-order chi connectivity index (χ0) is 14.8. The summed E-state index contributed by atoms with van der Waals surface area (Å²) in [6.45, 7) is 1.48. The van der Waals surface area contributed by atoms with Crippen LogP contribution in [0.1, 0.15) is 18.6 Å². The Labute approximate surface area is 123 Å². The van der Waals surface area contributed by atoms with E-state index in [9.17, 15) is 13.5 Å². The number of hydrogen-bond acceptors (Lipinski definition) is 3. The Morgan fingerprint density at radius 3 is 2.15 bits per heavy atom. The maximum Gasteiger partial charge on any atom is 0.185 e. The van der Waals surface area contributed by atoms with Crippen LogP contribution in [0.2, 0.25) is 5.02 Å². The number of rotatable bonds is 4. The van der Waals surface area contributed by atoms with E-state index in [-0.39, 0.29) is 9.92 Å². The van der Waals surface area contributed by atoms with Gasteiger partial charge < -0.3 is 5.11 Å². The van der Waals surface area contributed by atoms with Crippen molar-refractivity contribution in [3.63, 3.8) is 0 Å². The quantitative estimate of drug-likeness (QED) is 0.943. The second kappa shape index (κ2) is 5.95. The zero-order valence-electron chi connectivity index (χ0n) is 10.9. The average molecular weight is 311 g/mol. The summed E-state index contributed by atoms with van der Waals surface area (Å²) in [5.41, 5.74) is 0.565. The Morgan fingerprint density at radius 1 is 1.00 bits per heavy atom. The van der Waals surface area contributed by atoms with E-state index in [1.165, 1.54) is 19.1 Å². The van der Waals surface area contributed by atoms with Crippen LogP contribution in [-0.4, -0.2) is 18.8 Å². The largest absolute Gasteiger partial charge is 0.387 e. The minimum absolute atomic E-state index is 0.0455. The van der Waals surface area contributed by atoms with Crippen molar-refractivity contribution in [3.8, 4) is 0 Å². The maximum absolute atomic E-state index is 12.5. The van der Waals surface area contributed by atoms with Crippen LogP contribution in [0.3, 0.4) is 0 Å². The van der Waals surface area contributed by atoms with Crippen LogP contribution < -0.4 is 0 Å². The molecule has 0 bridgehead atoms. The van der Waals surface area contributed by atoms with Crippen LogP contribution in [-0.2, 0) is 9.84 Å². The molecule has 0 amide bonds. The smallest absolute Gasteiger partial charge is 0.185 e. The summed E-state index contributed by atoms with van der Waals surface area (Å²) in [4.78, 5) is 0.0455. The fourth-order valence-electron chi connectivity index (χ4n) is 1.97. The average Bonchev–Trinajstić information content (AvgIpc) is 2.47. The Kier molecular flexibility index (Phi) is 4.48. The predicted octanol–water partition coefficient (Wildman–Crippen LogP) is 3.24. The number of aliphatic hydroxyl groups is 1. The van der Waals surface area contributed by atoms with Crippen LogP contribution in [0.5, 0.6) is 0 Å². The molecule has 2 aromatic rings. The van der Waals surface area contributed by atoms with E-state index in [1.807, 2.05) is 6.07 Å². The number of aliphatic hydroxyl groups excluding tert-OH is 1. The minimum atomic E-state index is -3.70. The van der Waals surface area contributed by atoms with Crippen molar-refractivity contribution in [3.05, 3.63) is 65.2 Å². The van der Waals surface area contributed by atoms with E-state index in [0.29, 0.717) is 5.56 Å². The highest BCUT2D eigenvalue weighted by Crippen LogP contribution is 2.30. The van der Waals surface area contributed by atoms with Crippen LogP contribution in [0, 0.1) is 0 Å².